The van der Waals surface area contributed by atoms with Crippen LogP contribution in [0.1, 0.15) is 32.0 Å². The Kier molecular flexibility index (Phi) is 4.73. The van der Waals surface area contributed by atoms with E-state index >= 15 is 0 Å². The van der Waals surface area contributed by atoms with Gasteiger partial charge in [0.1, 0.15) is 10.3 Å². The second-order valence-electron chi connectivity index (χ2n) is 7.58. The Labute approximate surface area is 160 Å². The first kappa shape index (κ1) is 20.6. The van der Waals surface area contributed by atoms with Crippen LogP contribution in [0.3, 0.4) is 0 Å². The quantitative estimate of drug-likeness (QED) is 0.180. The van der Waals surface area contributed by atoms with E-state index in [1.165, 1.54) is 6.92 Å². The number of aromatic nitrogens is 4. The largest absolute Gasteiger partial charge is 0.394 e. The highest BCUT2D eigenvalue weighted by Gasteiger charge is 2.80. The number of hydrogen-bond donors (Lipinski definition) is 7. The van der Waals surface area contributed by atoms with Gasteiger partial charge in [0.2, 0.25) is 5.82 Å². The van der Waals surface area contributed by atoms with Gasteiger partial charge in [0.15, 0.2) is 15.8 Å². The van der Waals surface area contributed by atoms with Gasteiger partial charge in [0.25, 0.3) is 0 Å². The lowest BCUT2D eigenvalue weighted by Gasteiger charge is -2.40. The number of nitrogens with one attached hydrogen (secondary N) is 2. The van der Waals surface area contributed by atoms with Gasteiger partial charge in [0.05, 0.1) is 24.0 Å². The Morgan fingerprint density at radius 2 is 2.18 bits per heavy atom. The number of nitrogens with zero attached hydrogens (tertiary/aromatic N) is 4. The smallest absolute Gasteiger partial charge is 0.206 e. The molecule has 6 atom stereocenters. The summed E-state index contributed by atoms with van der Waals surface area (Å²) >= 11 is 0. The SMILES string of the molecule is CC12CC(CC(O)CO)S(=O)(=O)C1(C=N)C(N=C(N)N)CC2(O)c1nn[nH]n1. The molecular formula is C14H24N8O5S. The molecule has 1 aromatic heterocycles. The van der Waals surface area contributed by atoms with Crippen molar-refractivity contribution in [1.29, 1.82) is 5.41 Å². The molecular weight excluding hydrogens is 392 g/mol. The van der Waals surface area contributed by atoms with Crippen LogP contribution < -0.4 is 11.5 Å². The number of guanidine groups is 1. The summed E-state index contributed by atoms with van der Waals surface area (Å²) in [7, 11) is -4.18. The van der Waals surface area contributed by atoms with Crippen LogP contribution in [0.4, 0.5) is 0 Å². The Hall–Kier alpha value is -2.16. The summed E-state index contributed by atoms with van der Waals surface area (Å²) in [5.74, 6) is -0.520. The van der Waals surface area contributed by atoms with Gasteiger partial charge >= 0.3 is 0 Å². The van der Waals surface area contributed by atoms with Crippen molar-refractivity contribution >= 4 is 22.0 Å². The van der Waals surface area contributed by atoms with Crippen molar-refractivity contribution in [2.75, 3.05) is 6.61 Å². The number of sulfone groups is 1. The van der Waals surface area contributed by atoms with Gasteiger partial charge in [-0.3, -0.25) is 0 Å². The minimum Gasteiger partial charge on any atom is -0.394 e. The second kappa shape index (κ2) is 6.43. The van der Waals surface area contributed by atoms with E-state index in [2.05, 4.69) is 25.6 Å². The normalized spacial score (nSPS) is 40.0. The van der Waals surface area contributed by atoms with Crippen LogP contribution in [0.15, 0.2) is 4.99 Å². The van der Waals surface area contributed by atoms with E-state index in [9.17, 15) is 18.6 Å². The van der Waals surface area contributed by atoms with E-state index in [0.717, 1.165) is 6.21 Å². The fourth-order valence-electron chi connectivity index (χ4n) is 4.94. The Balaban J connectivity index is 2.27. The van der Waals surface area contributed by atoms with Crippen LogP contribution >= 0.6 is 0 Å². The van der Waals surface area contributed by atoms with E-state index in [0.29, 0.717) is 0 Å². The first-order valence-corrected chi connectivity index (χ1v) is 10.1. The molecule has 1 saturated carbocycles. The van der Waals surface area contributed by atoms with E-state index in [-0.39, 0.29) is 31.0 Å². The first-order valence-electron chi connectivity index (χ1n) is 8.59. The van der Waals surface area contributed by atoms with Crippen molar-refractivity contribution in [2.24, 2.45) is 21.9 Å². The summed E-state index contributed by atoms with van der Waals surface area (Å²) in [6.07, 6.45) is -1.15. The number of rotatable bonds is 6. The molecule has 6 unspecified atom stereocenters. The molecule has 14 heteroatoms. The lowest BCUT2D eigenvalue weighted by atomic mass is 9.67. The number of tetrazole rings is 1. The first-order chi connectivity index (χ1) is 13.0. The van der Waals surface area contributed by atoms with Crippen LogP contribution in [0.2, 0.25) is 0 Å². The average molecular weight is 416 g/mol. The minimum absolute atomic E-state index is 0.122. The molecule has 13 nitrogen and oxygen atoms in total. The van der Waals surface area contributed by atoms with Crippen LogP contribution in [-0.4, -0.2) is 85.3 Å². The monoisotopic (exact) mass is 416 g/mol. The molecule has 9 N–H and O–H groups in total. The molecule has 2 aliphatic rings. The van der Waals surface area contributed by atoms with Gasteiger partial charge < -0.3 is 32.2 Å². The van der Waals surface area contributed by atoms with Gasteiger partial charge in [-0.2, -0.15) is 5.21 Å². The van der Waals surface area contributed by atoms with Gasteiger partial charge in [-0.15, -0.1) is 10.2 Å². The van der Waals surface area contributed by atoms with Gasteiger partial charge in [-0.25, -0.2) is 13.4 Å². The highest BCUT2D eigenvalue weighted by Crippen LogP contribution is 2.67. The minimum atomic E-state index is -4.18. The third-order valence-corrected chi connectivity index (χ3v) is 9.30. The Morgan fingerprint density at radius 3 is 2.68 bits per heavy atom. The van der Waals surface area contributed by atoms with Crippen molar-refractivity contribution < 1.29 is 23.7 Å². The number of aliphatic imine (C=N–C) groups is 1. The summed E-state index contributed by atoms with van der Waals surface area (Å²) in [6.45, 7) is 0.895. The molecule has 1 aliphatic carbocycles. The summed E-state index contributed by atoms with van der Waals surface area (Å²) in [5, 5.41) is 50.8. The molecule has 0 amide bonds. The number of nitrogens with two attached hydrogens (primary N) is 2. The molecule has 2 heterocycles. The maximum Gasteiger partial charge on any atom is 0.206 e. The Morgan fingerprint density at radius 1 is 1.50 bits per heavy atom. The molecule has 0 bridgehead atoms. The van der Waals surface area contributed by atoms with Crippen LogP contribution in [0.5, 0.6) is 0 Å². The summed E-state index contributed by atoms with van der Waals surface area (Å²) < 4.78 is 25.2. The lowest BCUT2D eigenvalue weighted by Crippen LogP contribution is -2.56. The molecule has 1 aromatic rings. The number of aliphatic hydroxyl groups is 3. The zero-order valence-electron chi connectivity index (χ0n) is 15.1. The third kappa shape index (κ3) is 2.34. The van der Waals surface area contributed by atoms with E-state index in [1.807, 2.05) is 0 Å². The van der Waals surface area contributed by atoms with Crippen molar-refractivity contribution in [2.45, 2.75) is 53.9 Å². The van der Waals surface area contributed by atoms with Crippen molar-refractivity contribution in [3.05, 3.63) is 5.82 Å². The number of fused-ring (bicyclic) bond motifs is 1. The molecule has 0 spiro atoms. The average Bonchev–Trinajstić information content (AvgIpc) is 3.24. The maximum absolute atomic E-state index is 13.6. The highest BCUT2D eigenvalue weighted by molar-refractivity contribution is 7.94. The number of H-pyrrole nitrogens is 1. The molecule has 3 rings (SSSR count). The molecule has 0 aromatic carbocycles. The fourth-order valence-corrected chi connectivity index (χ4v) is 8.08. The fraction of sp³-hybridized carbons (Fsp3) is 0.786. The number of aromatic amines is 1. The molecule has 156 valence electrons. The summed E-state index contributed by atoms with van der Waals surface area (Å²) in [5.41, 5.74) is 7.59. The van der Waals surface area contributed by atoms with Crippen LogP contribution in [0.25, 0.3) is 0 Å². The zero-order valence-corrected chi connectivity index (χ0v) is 16.0. The van der Waals surface area contributed by atoms with Gasteiger partial charge in [-0.05, 0) is 12.8 Å². The Bertz CT molecular complexity index is 888. The summed E-state index contributed by atoms with van der Waals surface area (Å²) in [4.78, 5) is 4.03. The maximum atomic E-state index is 13.6. The van der Waals surface area contributed by atoms with Crippen LogP contribution in [-0.2, 0) is 15.4 Å². The number of aliphatic hydroxyl groups excluding tert-OH is 2. The molecule has 0 radical (unpaired) electrons. The zero-order chi connectivity index (χ0) is 21.0. The molecule has 2 fully saturated rings. The van der Waals surface area contributed by atoms with Gasteiger partial charge in [0, 0.05) is 18.1 Å². The second-order valence-corrected chi connectivity index (χ2v) is 10.0. The molecule has 1 saturated heterocycles. The third-order valence-electron chi connectivity index (χ3n) is 6.28. The topological polar surface area (TPSA) is 238 Å². The van der Waals surface area contributed by atoms with E-state index in [4.69, 9.17) is 22.0 Å². The van der Waals surface area contributed by atoms with E-state index in [1.54, 1.807) is 0 Å². The van der Waals surface area contributed by atoms with E-state index < -0.39 is 49.6 Å². The standard InChI is InChI=1S/C14H24N8O5S/c1-12-3-8(2-7(24)5-23)28(26,27)14(12,6-15)9(18-11(16)17)4-13(12,25)10-19-21-22-20-10/h6-9,15,23-25H,2-5H2,1H3,(H4,16,17,18)(H,19,20,21,22). The predicted octanol–water partition coefficient (Wildman–Crippen LogP) is -3.24. The van der Waals surface area contributed by atoms with Crippen LogP contribution in [0, 0.1) is 10.8 Å². The molecule has 28 heavy (non-hydrogen) atoms. The van der Waals surface area contributed by atoms with Crippen molar-refractivity contribution in [1.82, 2.24) is 20.6 Å². The van der Waals surface area contributed by atoms with Crippen molar-refractivity contribution in [3.8, 4) is 0 Å². The molecule has 1 aliphatic heterocycles. The predicted molar refractivity (Wildman–Crippen MR) is 96.9 cm³/mol. The highest BCUT2D eigenvalue weighted by atomic mass is 32.2. The number of hydrogen-bond acceptors (Lipinski definition) is 10. The van der Waals surface area contributed by atoms with Gasteiger partial charge in [-0.1, -0.05) is 12.1 Å². The summed E-state index contributed by atoms with van der Waals surface area (Å²) in [6, 6.07) is -1.18. The van der Waals surface area contributed by atoms with Crippen molar-refractivity contribution in [3.63, 3.8) is 0 Å². The lowest BCUT2D eigenvalue weighted by molar-refractivity contribution is -0.0704.